The van der Waals surface area contributed by atoms with Crippen LogP contribution < -0.4 is 10.6 Å². The molecule has 2 rings (SSSR count). The van der Waals surface area contributed by atoms with Crippen molar-refractivity contribution in [2.45, 2.75) is 40.0 Å². The molecule has 0 aromatic heterocycles. The second-order valence-corrected chi connectivity index (χ2v) is 7.79. The summed E-state index contributed by atoms with van der Waals surface area (Å²) in [5.41, 5.74) is 4.07. The van der Waals surface area contributed by atoms with Crippen molar-refractivity contribution in [1.82, 2.24) is 20.4 Å². The largest absolute Gasteiger partial charge is 0.357 e. The second-order valence-electron chi connectivity index (χ2n) is 7.79. The molecule has 5 nitrogen and oxygen atoms in total. The van der Waals surface area contributed by atoms with Crippen LogP contribution in [0.25, 0.3) is 0 Å². The number of rotatable bonds is 8. The number of halogens is 1. The summed E-state index contributed by atoms with van der Waals surface area (Å²) in [6.07, 6.45) is 3.42. The van der Waals surface area contributed by atoms with Crippen LogP contribution in [0, 0.1) is 13.8 Å². The van der Waals surface area contributed by atoms with Gasteiger partial charge in [0.05, 0.1) is 0 Å². The fraction of sp³-hybridized carbons (Fsp3) is 0.682. The maximum absolute atomic E-state index is 4.76. The zero-order valence-corrected chi connectivity index (χ0v) is 20.6. The summed E-state index contributed by atoms with van der Waals surface area (Å²) in [4.78, 5) is 9.77. The van der Waals surface area contributed by atoms with Gasteiger partial charge < -0.3 is 20.4 Å². The molecular weight excluding hydrogens is 461 g/mol. The predicted molar refractivity (Wildman–Crippen MR) is 132 cm³/mol. The lowest BCUT2D eigenvalue weighted by Crippen LogP contribution is -2.38. The summed E-state index contributed by atoms with van der Waals surface area (Å²) in [5.74, 6) is 0.942. The van der Waals surface area contributed by atoms with Crippen molar-refractivity contribution >= 4 is 29.9 Å². The van der Waals surface area contributed by atoms with Gasteiger partial charge in [-0.25, -0.2) is 0 Å². The number of aryl methyl sites for hydroxylation is 2. The minimum atomic E-state index is 0. The Kier molecular flexibility index (Phi) is 12.7. The molecule has 0 bridgehead atoms. The Balaban J connectivity index is 0.00000392. The van der Waals surface area contributed by atoms with E-state index in [1.165, 1.54) is 49.3 Å². The van der Waals surface area contributed by atoms with Crippen LogP contribution in [0.3, 0.4) is 0 Å². The van der Waals surface area contributed by atoms with Crippen LogP contribution in [-0.2, 0) is 6.42 Å². The number of guanidine groups is 1. The van der Waals surface area contributed by atoms with E-state index in [0.29, 0.717) is 0 Å². The molecule has 0 spiro atoms. The SMILES string of the molecule is CCNC(=NCCCN1CCCN(C)CC1)NCCc1cc(C)cc(C)c1.I. The lowest BCUT2D eigenvalue weighted by molar-refractivity contribution is 0.275. The molecule has 1 aromatic carbocycles. The van der Waals surface area contributed by atoms with Crippen LogP contribution in [0.1, 0.15) is 36.5 Å². The first-order chi connectivity index (χ1) is 13.1. The Morgan fingerprint density at radius 2 is 1.79 bits per heavy atom. The maximum Gasteiger partial charge on any atom is 0.191 e. The summed E-state index contributed by atoms with van der Waals surface area (Å²) in [6, 6.07) is 6.78. The summed E-state index contributed by atoms with van der Waals surface area (Å²) < 4.78 is 0. The number of nitrogens with zero attached hydrogens (tertiary/aromatic N) is 3. The van der Waals surface area contributed by atoms with Gasteiger partial charge in [-0.15, -0.1) is 24.0 Å². The van der Waals surface area contributed by atoms with Crippen molar-refractivity contribution in [1.29, 1.82) is 0 Å². The predicted octanol–water partition coefficient (Wildman–Crippen LogP) is 3.05. The summed E-state index contributed by atoms with van der Waals surface area (Å²) in [5, 5.41) is 6.85. The maximum atomic E-state index is 4.76. The van der Waals surface area contributed by atoms with Gasteiger partial charge >= 0.3 is 0 Å². The zero-order valence-electron chi connectivity index (χ0n) is 18.3. The van der Waals surface area contributed by atoms with Gasteiger partial charge in [-0.3, -0.25) is 4.99 Å². The second kappa shape index (κ2) is 14.2. The molecule has 1 aromatic rings. The van der Waals surface area contributed by atoms with Crippen LogP contribution >= 0.6 is 24.0 Å². The van der Waals surface area contributed by atoms with Crippen LogP contribution in [0.5, 0.6) is 0 Å². The Bertz CT molecular complexity index is 570. The molecule has 0 radical (unpaired) electrons. The van der Waals surface area contributed by atoms with Crippen molar-refractivity contribution in [2.75, 3.05) is 59.4 Å². The summed E-state index contributed by atoms with van der Waals surface area (Å²) >= 11 is 0. The van der Waals surface area contributed by atoms with E-state index in [4.69, 9.17) is 4.99 Å². The average Bonchev–Trinajstić information content (AvgIpc) is 2.82. The van der Waals surface area contributed by atoms with Gasteiger partial charge in [-0.1, -0.05) is 29.3 Å². The molecule has 1 aliphatic heterocycles. The van der Waals surface area contributed by atoms with Crippen molar-refractivity contribution < 1.29 is 0 Å². The Hall–Kier alpha value is -0.860. The highest BCUT2D eigenvalue weighted by molar-refractivity contribution is 14.0. The third kappa shape index (κ3) is 10.1. The molecule has 1 aliphatic rings. The summed E-state index contributed by atoms with van der Waals surface area (Å²) in [6.45, 7) is 15.1. The third-order valence-electron chi connectivity index (χ3n) is 5.05. The molecule has 0 atom stereocenters. The fourth-order valence-corrected chi connectivity index (χ4v) is 3.69. The van der Waals surface area contributed by atoms with Crippen LogP contribution in [0.4, 0.5) is 0 Å². The first-order valence-corrected chi connectivity index (χ1v) is 10.6. The van der Waals surface area contributed by atoms with E-state index in [1.807, 2.05) is 0 Å². The van der Waals surface area contributed by atoms with Crippen LogP contribution in [-0.4, -0.2) is 75.2 Å². The summed E-state index contributed by atoms with van der Waals surface area (Å²) in [7, 11) is 2.22. The highest BCUT2D eigenvalue weighted by Gasteiger charge is 2.11. The molecule has 0 amide bonds. The van der Waals surface area contributed by atoms with Gasteiger partial charge in [-0.05, 0) is 72.3 Å². The quantitative estimate of drug-likeness (QED) is 0.249. The molecule has 160 valence electrons. The lowest BCUT2D eigenvalue weighted by atomic mass is 10.1. The highest BCUT2D eigenvalue weighted by Crippen LogP contribution is 2.09. The van der Waals surface area contributed by atoms with Gasteiger partial charge in [0.2, 0.25) is 0 Å². The van der Waals surface area contributed by atoms with E-state index in [9.17, 15) is 0 Å². The molecule has 1 heterocycles. The van der Waals surface area contributed by atoms with E-state index >= 15 is 0 Å². The van der Waals surface area contributed by atoms with E-state index in [-0.39, 0.29) is 24.0 Å². The highest BCUT2D eigenvalue weighted by atomic mass is 127. The van der Waals surface area contributed by atoms with E-state index in [1.54, 1.807) is 0 Å². The normalized spacial score (nSPS) is 16.4. The minimum absolute atomic E-state index is 0. The molecule has 2 N–H and O–H groups in total. The Labute approximate surface area is 189 Å². The number of nitrogens with one attached hydrogen (secondary N) is 2. The van der Waals surface area contributed by atoms with Gasteiger partial charge in [-0.2, -0.15) is 0 Å². The Morgan fingerprint density at radius 3 is 2.50 bits per heavy atom. The molecule has 6 heteroatoms. The van der Waals surface area contributed by atoms with E-state index in [0.717, 1.165) is 45.0 Å². The molecule has 0 saturated carbocycles. The van der Waals surface area contributed by atoms with E-state index in [2.05, 4.69) is 66.5 Å². The van der Waals surface area contributed by atoms with Crippen molar-refractivity contribution in [3.63, 3.8) is 0 Å². The van der Waals surface area contributed by atoms with Gasteiger partial charge in [0.15, 0.2) is 5.96 Å². The zero-order chi connectivity index (χ0) is 19.5. The molecule has 0 aliphatic carbocycles. The number of hydrogen-bond acceptors (Lipinski definition) is 3. The first-order valence-electron chi connectivity index (χ1n) is 10.6. The minimum Gasteiger partial charge on any atom is -0.357 e. The number of benzene rings is 1. The lowest BCUT2D eigenvalue weighted by Gasteiger charge is -2.19. The van der Waals surface area contributed by atoms with Gasteiger partial charge in [0.1, 0.15) is 0 Å². The molecule has 1 fully saturated rings. The molecule has 1 saturated heterocycles. The smallest absolute Gasteiger partial charge is 0.191 e. The monoisotopic (exact) mass is 501 g/mol. The molecule has 28 heavy (non-hydrogen) atoms. The average molecular weight is 502 g/mol. The third-order valence-corrected chi connectivity index (χ3v) is 5.05. The number of hydrogen-bond donors (Lipinski definition) is 2. The van der Waals surface area contributed by atoms with Crippen LogP contribution in [0.2, 0.25) is 0 Å². The molecule has 0 unspecified atom stereocenters. The van der Waals surface area contributed by atoms with E-state index < -0.39 is 0 Å². The number of aliphatic imine (C=N–C) groups is 1. The van der Waals surface area contributed by atoms with Gasteiger partial charge in [0.25, 0.3) is 0 Å². The topological polar surface area (TPSA) is 42.9 Å². The van der Waals surface area contributed by atoms with Crippen molar-refractivity contribution in [3.8, 4) is 0 Å². The van der Waals surface area contributed by atoms with Gasteiger partial charge in [0, 0.05) is 32.7 Å². The standard InChI is InChI=1S/C22H39N5.HI/c1-5-23-22(25-10-8-21-17-19(2)16-20(3)18-21)24-9-6-12-27-13-7-11-26(4)14-15-27;/h16-18H,5-15H2,1-4H3,(H2,23,24,25);1H. The fourth-order valence-electron chi connectivity index (χ4n) is 3.69. The van der Waals surface area contributed by atoms with Crippen molar-refractivity contribution in [2.24, 2.45) is 4.99 Å². The van der Waals surface area contributed by atoms with Crippen molar-refractivity contribution in [3.05, 3.63) is 34.9 Å². The van der Waals surface area contributed by atoms with Crippen LogP contribution in [0.15, 0.2) is 23.2 Å². The number of likely N-dealkylation sites (N-methyl/N-ethyl adjacent to an activating group) is 1. The molecular formula is C22H40IN5. The Morgan fingerprint density at radius 1 is 1.04 bits per heavy atom. The first kappa shape index (κ1) is 25.2.